The molecule has 8 heteroatoms. The Kier molecular flexibility index (Phi) is 5.72. The molecule has 0 unspecified atom stereocenters. The Morgan fingerprint density at radius 1 is 0.879 bits per heavy atom. The van der Waals surface area contributed by atoms with E-state index in [9.17, 15) is 9.59 Å². The van der Waals surface area contributed by atoms with Gasteiger partial charge in [-0.15, -0.1) is 0 Å². The summed E-state index contributed by atoms with van der Waals surface area (Å²) < 4.78 is 10.5. The van der Waals surface area contributed by atoms with Gasteiger partial charge in [0, 0.05) is 28.4 Å². The lowest BCUT2D eigenvalue weighted by Gasteiger charge is -2.08. The molecule has 1 aliphatic rings. The predicted octanol–water partition coefficient (Wildman–Crippen LogP) is 5.49. The predicted molar refractivity (Wildman–Crippen MR) is 122 cm³/mol. The van der Waals surface area contributed by atoms with Gasteiger partial charge in [-0.3, -0.25) is 9.59 Å². The van der Waals surface area contributed by atoms with Gasteiger partial charge in [-0.1, -0.05) is 30.1 Å². The van der Waals surface area contributed by atoms with Crippen LogP contribution in [0.4, 0.5) is 11.4 Å². The summed E-state index contributed by atoms with van der Waals surface area (Å²) in [6.07, 6.45) is 6.00. The van der Waals surface area contributed by atoms with Crippen molar-refractivity contribution in [2.75, 3.05) is 10.6 Å². The molecule has 0 bridgehead atoms. The lowest BCUT2D eigenvalue weighted by molar-refractivity contribution is 0.0995. The Balaban J connectivity index is 1.24. The first-order valence-electron chi connectivity index (χ1n) is 10.9. The zero-order valence-electron chi connectivity index (χ0n) is 17.8. The van der Waals surface area contributed by atoms with Crippen molar-refractivity contribution >= 4 is 23.2 Å². The molecule has 4 aromatic rings. The Morgan fingerprint density at radius 2 is 1.67 bits per heavy atom. The van der Waals surface area contributed by atoms with E-state index in [0.717, 1.165) is 18.4 Å². The van der Waals surface area contributed by atoms with Gasteiger partial charge >= 0.3 is 0 Å². The molecule has 0 spiro atoms. The molecule has 2 N–H and O–H groups in total. The van der Waals surface area contributed by atoms with E-state index in [-0.39, 0.29) is 17.6 Å². The van der Waals surface area contributed by atoms with E-state index in [1.165, 1.54) is 19.1 Å². The fraction of sp³-hybridized carbons (Fsp3) is 0.200. The number of carbonyl (C=O) groups is 2. The van der Waals surface area contributed by atoms with Crippen molar-refractivity contribution in [3.63, 3.8) is 0 Å². The van der Waals surface area contributed by atoms with E-state index in [1.807, 2.05) is 18.2 Å². The third-order valence-corrected chi connectivity index (χ3v) is 5.67. The van der Waals surface area contributed by atoms with Gasteiger partial charge in [0.1, 0.15) is 0 Å². The fourth-order valence-electron chi connectivity index (χ4n) is 3.94. The topological polar surface area (TPSA) is 110 Å². The molecular weight excluding hydrogens is 420 g/mol. The molecule has 1 saturated carbocycles. The van der Waals surface area contributed by atoms with Crippen molar-refractivity contribution < 1.29 is 18.5 Å². The van der Waals surface area contributed by atoms with E-state index < -0.39 is 0 Å². The molecule has 166 valence electrons. The maximum Gasteiger partial charge on any atom is 0.291 e. The third kappa shape index (κ3) is 4.69. The van der Waals surface area contributed by atoms with Gasteiger partial charge in [0.15, 0.2) is 5.76 Å². The standard InChI is InChI=1S/C25H22N4O4/c30-23(16-10-12-19(13-11-16)26-24(31)21-9-4-14-32-21)27-20-8-3-7-18(15-20)22-28-25(33-29-22)17-5-1-2-6-17/h3-4,7-15,17H,1-2,5-6H2,(H,26,31)(H,27,30). The van der Waals surface area contributed by atoms with Gasteiger partial charge in [0.05, 0.1) is 6.26 Å². The van der Waals surface area contributed by atoms with E-state index in [1.54, 1.807) is 42.5 Å². The molecule has 0 atom stereocenters. The van der Waals surface area contributed by atoms with Crippen LogP contribution in [-0.4, -0.2) is 22.0 Å². The number of rotatable bonds is 6. The fourth-order valence-corrected chi connectivity index (χ4v) is 3.94. The zero-order valence-corrected chi connectivity index (χ0v) is 17.8. The normalized spacial score (nSPS) is 13.7. The lowest BCUT2D eigenvalue weighted by atomic mass is 10.1. The monoisotopic (exact) mass is 442 g/mol. The number of benzene rings is 2. The quantitative estimate of drug-likeness (QED) is 0.408. The molecule has 5 rings (SSSR count). The molecule has 2 heterocycles. The molecular formula is C25H22N4O4. The van der Waals surface area contributed by atoms with Crippen LogP contribution in [0.25, 0.3) is 11.4 Å². The number of anilines is 2. The Morgan fingerprint density at radius 3 is 2.42 bits per heavy atom. The van der Waals surface area contributed by atoms with Crippen molar-refractivity contribution in [2.45, 2.75) is 31.6 Å². The van der Waals surface area contributed by atoms with Gasteiger partial charge in [0.25, 0.3) is 11.8 Å². The van der Waals surface area contributed by atoms with Crippen LogP contribution >= 0.6 is 0 Å². The minimum absolute atomic E-state index is 0.216. The summed E-state index contributed by atoms with van der Waals surface area (Å²) in [5, 5.41) is 9.73. The number of amides is 2. The summed E-state index contributed by atoms with van der Waals surface area (Å²) >= 11 is 0. The number of aromatic nitrogens is 2. The highest BCUT2D eigenvalue weighted by Crippen LogP contribution is 2.34. The van der Waals surface area contributed by atoms with Gasteiger partial charge in [0.2, 0.25) is 11.7 Å². The molecule has 0 radical (unpaired) electrons. The SMILES string of the molecule is O=C(Nc1cccc(-c2noc(C3CCCC3)n2)c1)c1ccc(NC(=O)c2ccco2)cc1. The number of hydrogen-bond donors (Lipinski definition) is 2. The second kappa shape index (κ2) is 9.12. The highest BCUT2D eigenvalue weighted by Gasteiger charge is 2.23. The van der Waals surface area contributed by atoms with Crippen LogP contribution in [0.3, 0.4) is 0 Å². The first-order valence-corrected chi connectivity index (χ1v) is 10.9. The average Bonchev–Trinajstić information content (AvgIpc) is 3.62. The van der Waals surface area contributed by atoms with E-state index in [0.29, 0.717) is 34.6 Å². The summed E-state index contributed by atoms with van der Waals surface area (Å²) in [7, 11) is 0. The van der Waals surface area contributed by atoms with Crippen molar-refractivity contribution in [2.24, 2.45) is 0 Å². The highest BCUT2D eigenvalue weighted by molar-refractivity contribution is 6.05. The van der Waals surface area contributed by atoms with Gasteiger partial charge in [-0.25, -0.2) is 0 Å². The minimum Gasteiger partial charge on any atom is -0.459 e. The maximum atomic E-state index is 12.7. The highest BCUT2D eigenvalue weighted by atomic mass is 16.5. The number of nitrogens with one attached hydrogen (secondary N) is 2. The maximum absolute atomic E-state index is 12.7. The first-order chi connectivity index (χ1) is 16.2. The minimum atomic E-state index is -0.355. The van der Waals surface area contributed by atoms with Crippen LogP contribution in [0.5, 0.6) is 0 Å². The van der Waals surface area contributed by atoms with E-state index in [2.05, 4.69) is 20.8 Å². The summed E-state index contributed by atoms with van der Waals surface area (Å²) in [6.45, 7) is 0. The summed E-state index contributed by atoms with van der Waals surface area (Å²) in [6, 6.07) is 17.2. The van der Waals surface area contributed by atoms with Crippen molar-refractivity contribution in [1.82, 2.24) is 10.1 Å². The third-order valence-electron chi connectivity index (χ3n) is 5.67. The van der Waals surface area contributed by atoms with Crippen LogP contribution < -0.4 is 10.6 Å². The van der Waals surface area contributed by atoms with Crippen LogP contribution in [0, 0.1) is 0 Å². The second-order valence-corrected chi connectivity index (χ2v) is 7.98. The van der Waals surface area contributed by atoms with Crippen LogP contribution in [-0.2, 0) is 0 Å². The van der Waals surface area contributed by atoms with Crippen LogP contribution in [0.15, 0.2) is 75.9 Å². The molecule has 0 saturated heterocycles. The summed E-state index contributed by atoms with van der Waals surface area (Å²) in [4.78, 5) is 29.3. The second-order valence-electron chi connectivity index (χ2n) is 7.98. The zero-order chi connectivity index (χ0) is 22.6. The largest absolute Gasteiger partial charge is 0.459 e. The molecule has 33 heavy (non-hydrogen) atoms. The molecule has 0 aliphatic heterocycles. The molecule has 2 aromatic heterocycles. The number of furan rings is 1. The molecule has 2 amide bonds. The van der Waals surface area contributed by atoms with Crippen LogP contribution in [0.2, 0.25) is 0 Å². The lowest BCUT2D eigenvalue weighted by Crippen LogP contribution is -2.13. The van der Waals surface area contributed by atoms with E-state index >= 15 is 0 Å². The molecule has 8 nitrogen and oxygen atoms in total. The van der Waals surface area contributed by atoms with Crippen molar-refractivity contribution in [3.05, 3.63) is 84.1 Å². The Labute approximate surface area is 190 Å². The smallest absolute Gasteiger partial charge is 0.291 e. The number of carbonyl (C=O) groups excluding carboxylic acids is 2. The first kappa shape index (κ1) is 20.7. The summed E-state index contributed by atoms with van der Waals surface area (Å²) in [5.41, 5.74) is 2.42. The van der Waals surface area contributed by atoms with Crippen LogP contribution in [0.1, 0.15) is 58.4 Å². The Bertz CT molecular complexity index is 1260. The number of hydrogen-bond acceptors (Lipinski definition) is 6. The number of nitrogens with zero attached hydrogens (tertiary/aromatic N) is 2. The average molecular weight is 442 g/mol. The molecule has 1 fully saturated rings. The Hall–Kier alpha value is -4.20. The van der Waals surface area contributed by atoms with Gasteiger partial charge in [-0.05, 0) is 61.4 Å². The van der Waals surface area contributed by atoms with Gasteiger partial charge < -0.3 is 19.6 Å². The van der Waals surface area contributed by atoms with E-state index in [4.69, 9.17) is 8.94 Å². The van der Waals surface area contributed by atoms with Crippen molar-refractivity contribution in [1.29, 1.82) is 0 Å². The molecule has 2 aromatic carbocycles. The molecule has 1 aliphatic carbocycles. The van der Waals surface area contributed by atoms with Crippen molar-refractivity contribution in [3.8, 4) is 11.4 Å². The summed E-state index contributed by atoms with van der Waals surface area (Å²) in [5.74, 6) is 1.15. The van der Waals surface area contributed by atoms with Gasteiger partial charge in [-0.2, -0.15) is 4.98 Å².